The van der Waals surface area contributed by atoms with Crippen LogP contribution < -0.4 is 0 Å². The van der Waals surface area contributed by atoms with Crippen LogP contribution in [-0.2, 0) is 6.42 Å². The van der Waals surface area contributed by atoms with Crippen molar-refractivity contribution < 1.29 is 9.50 Å². The molecule has 0 bridgehead atoms. The fourth-order valence-electron chi connectivity index (χ4n) is 1.34. The van der Waals surface area contributed by atoms with Gasteiger partial charge in [0.1, 0.15) is 5.82 Å². The Kier molecular flexibility index (Phi) is 3.35. The van der Waals surface area contributed by atoms with Gasteiger partial charge in [0.25, 0.3) is 0 Å². The molecule has 0 saturated heterocycles. The average molecular weight is 221 g/mol. The summed E-state index contributed by atoms with van der Waals surface area (Å²) in [5.41, 5.74) is -1.17. The fraction of sp³-hybridized carbons (Fsp3) is 0.462. The first kappa shape index (κ1) is 12.7. The van der Waals surface area contributed by atoms with E-state index in [9.17, 15) is 9.50 Å². The molecule has 1 unspecified atom stereocenters. The molecule has 16 heavy (non-hydrogen) atoms. The summed E-state index contributed by atoms with van der Waals surface area (Å²) >= 11 is 0. The van der Waals surface area contributed by atoms with Gasteiger partial charge in [0.05, 0.1) is 17.1 Å². The van der Waals surface area contributed by atoms with E-state index in [1.165, 1.54) is 12.1 Å². The minimum absolute atomic E-state index is 0.303. The minimum Gasteiger partial charge on any atom is -0.388 e. The molecule has 3 heteroatoms. The third kappa shape index (κ3) is 2.59. The Morgan fingerprint density at radius 3 is 2.19 bits per heavy atom. The van der Waals surface area contributed by atoms with Crippen LogP contribution >= 0.6 is 0 Å². The molecule has 0 aliphatic rings. The second kappa shape index (κ2) is 4.23. The van der Waals surface area contributed by atoms with E-state index >= 15 is 0 Å². The largest absolute Gasteiger partial charge is 0.388 e. The first-order valence-electron chi connectivity index (χ1n) is 5.16. The van der Waals surface area contributed by atoms with Crippen LogP contribution in [0.5, 0.6) is 0 Å². The van der Waals surface area contributed by atoms with Crippen molar-refractivity contribution >= 4 is 0 Å². The lowest BCUT2D eigenvalue weighted by atomic mass is 9.74. The number of aliphatic hydroxyl groups is 1. The van der Waals surface area contributed by atoms with Crippen molar-refractivity contribution in [3.05, 3.63) is 35.6 Å². The van der Waals surface area contributed by atoms with Gasteiger partial charge in [-0.2, -0.15) is 5.26 Å². The topological polar surface area (TPSA) is 44.0 Å². The summed E-state index contributed by atoms with van der Waals surface area (Å²) in [6.45, 7) is 5.01. The zero-order valence-corrected chi connectivity index (χ0v) is 9.79. The highest BCUT2D eigenvalue weighted by Gasteiger charge is 2.39. The Hall–Kier alpha value is -1.40. The predicted molar refractivity (Wildman–Crippen MR) is 60.1 cm³/mol. The molecule has 0 saturated carbocycles. The number of halogens is 1. The Balaban J connectivity index is 2.89. The van der Waals surface area contributed by atoms with Crippen LogP contribution in [0.4, 0.5) is 4.39 Å². The Bertz CT molecular complexity index is 401. The van der Waals surface area contributed by atoms with E-state index in [1.54, 1.807) is 32.9 Å². The molecule has 2 nitrogen and oxygen atoms in total. The number of rotatable bonds is 3. The maximum absolute atomic E-state index is 12.7. The molecule has 0 aliphatic carbocycles. The molecule has 0 aromatic heterocycles. The predicted octanol–water partition coefficient (Wildman–Crippen LogP) is 2.67. The van der Waals surface area contributed by atoms with E-state index in [4.69, 9.17) is 5.26 Å². The molecule has 0 radical (unpaired) electrons. The van der Waals surface area contributed by atoms with Crippen LogP contribution in [0.25, 0.3) is 0 Å². The van der Waals surface area contributed by atoms with Gasteiger partial charge in [-0.05, 0) is 38.5 Å². The first-order valence-corrected chi connectivity index (χ1v) is 5.16. The van der Waals surface area contributed by atoms with Gasteiger partial charge < -0.3 is 5.11 Å². The van der Waals surface area contributed by atoms with E-state index in [1.807, 2.05) is 0 Å². The standard InChI is InChI=1S/C13H16FNO/c1-12(2,9-15)13(3,16)8-10-4-6-11(14)7-5-10/h4-7,16H,8H2,1-3H3. The van der Waals surface area contributed by atoms with Gasteiger partial charge in [-0.15, -0.1) is 0 Å². The molecular weight excluding hydrogens is 205 g/mol. The lowest BCUT2D eigenvalue weighted by Crippen LogP contribution is -2.42. The maximum Gasteiger partial charge on any atom is 0.123 e. The molecule has 0 aliphatic heterocycles. The zero-order valence-electron chi connectivity index (χ0n) is 9.79. The van der Waals surface area contributed by atoms with Crippen molar-refractivity contribution in [2.24, 2.45) is 5.41 Å². The molecular formula is C13H16FNO. The summed E-state index contributed by atoms with van der Waals surface area (Å²) in [6.07, 6.45) is 0.327. The first-order chi connectivity index (χ1) is 7.28. The minimum atomic E-state index is -1.14. The summed E-state index contributed by atoms with van der Waals surface area (Å²) in [4.78, 5) is 0. The van der Waals surface area contributed by atoms with Gasteiger partial charge in [-0.1, -0.05) is 12.1 Å². The van der Waals surface area contributed by atoms with Crippen molar-refractivity contribution in [2.45, 2.75) is 32.8 Å². The smallest absolute Gasteiger partial charge is 0.123 e. The van der Waals surface area contributed by atoms with E-state index in [0.29, 0.717) is 6.42 Å². The SMILES string of the molecule is CC(C)(C#N)C(C)(O)Cc1ccc(F)cc1. The van der Waals surface area contributed by atoms with Crippen LogP contribution in [0.3, 0.4) is 0 Å². The van der Waals surface area contributed by atoms with Crippen LogP contribution in [0, 0.1) is 22.6 Å². The number of benzene rings is 1. The molecule has 0 fully saturated rings. The van der Waals surface area contributed by atoms with Crippen LogP contribution in [0.1, 0.15) is 26.3 Å². The summed E-state index contributed by atoms with van der Waals surface area (Å²) in [7, 11) is 0. The Morgan fingerprint density at radius 1 is 1.25 bits per heavy atom. The molecule has 1 aromatic carbocycles. The van der Waals surface area contributed by atoms with Gasteiger partial charge in [0, 0.05) is 6.42 Å². The van der Waals surface area contributed by atoms with Gasteiger partial charge >= 0.3 is 0 Å². The molecule has 1 atom stereocenters. The van der Waals surface area contributed by atoms with Gasteiger partial charge in [-0.3, -0.25) is 0 Å². The van der Waals surface area contributed by atoms with E-state index in [2.05, 4.69) is 6.07 Å². The van der Waals surface area contributed by atoms with Crippen LogP contribution in [0.15, 0.2) is 24.3 Å². The quantitative estimate of drug-likeness (QED) is 0.852. The highest BCUT2D eigenvalue weighted by atomic mass is 19.1. The lowest BCUT2D eigenvalue weighted by Gasteiger charge is -2.34. The van der Waals surface area contributed by atoms with E-state index in [-0.39, 0.29) is 5.82 Å². The zero-order chi connectivity index (χ0) is 12.4. The molecule has 86 valence electrons. The number of nitrogens with zero attached hydrogens (tertiary/aromatic N) is 1. The second-order valence-corrected chi connectivity index (χ2v) is 4.81. The van der Waals surface area contributed by atoms with Crippen molar-refractivity contribution in [1.29, 1.82) is 5.26 Å². The summed E-state index contributed by atoms with van der Waals surface area (Å²) < 4.78 is 12.7. The number of hydrogen-bond donors (Lipinski definition) is 1. The number of nitriles is 1. The van der Waals surface area contributed by atoms with Crippen LogP contribution in [0.2, 0.25) is 0 Å². The van der Waals surface area contributed by atoms with Gasteiger partial charge in [0.2, 0.25) is 0 Å². The fourth-order valence-corrected chi connectivity index (χ4v) is 1.34. The van der Waals surface area contributed by atoms with Gasteiger partial charge in [0.15, 0.2) is 0 Å². The molecule has 0 amide bonds. The Labute approximate surface area is 95.3 Å². The summed E-state index contributed by atoms with van der Waals surface area (Å²) in [6, 6.07) is 8.04. The van der Waals surface area contributed by atoms with Crippen molar-refractivity contribution in [3.8, 4) is 6.07 Å². The summed E-state index contributed by atoms with van der Waals surface area (Å²) in [5, 5.41) is 19.2. The molecule has 0 spiro atoms. The lowest BCUT2D eigenvalue weighted by molar-refractivity contribution is -0.0207. The van der Waals surface area contributed by atoms with E-state index in [0.717, 1.165) is 5.56 Å². The van der Waals surface area contributed by atoms with E-state index < -0.39 is 11.0 Å². The Morgan fingerprint density at radius 2 is 1.75 bits per heavy atom. The van der Waals surface area contributed by atoms with Gasteiger partial charge in [-0.25, -0.2) is 4.39 Å². The third-order valence-corrected chi connectivity index (χ3v) is 3.09. The highest BCUT2D eigenvalue weighted by molar-refractivity contribution is 5.20. The maximum atomic E-state index is 12.7. The molecule has 1 aromatic rings. The second-order valence-electron chi connectivity index (χ2n) is 4.81. The molecule has 1 N–H and O–H groups in total. The highest BCUT2D eigenvalue weighted by Crippen LogP contribution is 2.32. The van der Waals surface area contributed by atoms with Crippen LogP contribution in [-0.4, -0.2) is 10.7 Å². The molecule has 0 heterocycles. The third-order valence-electron chi connectivity index (χ3n) is 3.09. The number of hydrogen-bond acceptors (Lipinski definition) is 2. The normalized spacial score (nSPS) is 15.2. The average Bonchev–Trinajstić information content (AvgIpc) is 2.21. The van der Waals surface area contributed by atoms with Crippen molar-refractivity contribution in [1.82, 2.24) is 0 Å². The van der Waals surface area contributed by atoms with Crippen molar-refractivity contribution in [2.75, 3.05) is 0 Å². The monoisotopic (exact) mass is 221 g/mol. The van der Waals surface area contributed by atoms with Crippen molar-refractivity contribution in [3.63, 3.8) is 0 Å². The summed E-state index contributed by atoms with van der Waals surface area (Å²) in [5.74, 6) is -0.303. The molecule has 1 rings (SSSR count).